The molecule has 0 amide bonds. The quantitative estimate of drug-likeness (QED) is 0.197. The van der Waals surface area contributed by atoms with Crippen LogP contribution in [0.25, 0.3) is 0 Å². The maximum Gasteiger partial charge on any atom is 0.230 e. The molecule has 0 heterocycles. The van der Waals surface area contributed by atoms with Gasteiger partial charge < -0.3 is 4.43 Å². The summed E-state index contributed by atoms with van der Waals surface area (Å²) < 4.78 is 12.1. The van der Waals surface area contributed by atoms with Crippen LogP contribution in [0.4, 0.5) is 0 Å². The molecule has 3 nitrogen and oxygen atoms in total. The normalized spacial score (nSPS) is 16.0. The fourth-order valence-electron chi connectivity index (χ4n) is 2.16. The van der Waals surface area contributed by atoms with Crippen LogP contribution >= 0.6 is 0 Å². The van der Waals surface area contributed by atoms with E-state index in [1.165, 1.54) is 19.3 Å². The van der Waals surface area contributed by atoms with Crippen LogP contribution in [0.1, 0.15) is 52.4 Å². The minimum atomic E-state index is -1.66. The van der Waals surface area contributed by atoms with Crippen molar-refractivity contribution < 1.29 is 13.9 Å². The van der Waals surface area contributed by atoms with Crippen molar-refractivity contribution in [2.45, 2.75) is 104 Å². The van der Waals surface area contributed by atoms with Crippen LogP contribution in [0.15, 0.2) is 0 Å². The highest BCUT2D eigenvalue weighted by Crippen LogP contribution is 2.22. The van der Waals surface area contributed by atoms with Gasteiger partial charge in [-0.25, -0.2) is 4.89 Å². The van der Waals surface area contributed by atoms with Crippen LogP contribution in [0.5, 0.6) is 0 Å². The highest BCUT2D eigenvalue weighted by atomic mass is 28.4. The largest absolute Gasteiger partial charge is 0.412 e. The van der Waals surface area contributed by atoms with Crippen molar-refractivity contribution in [1.29, 1.82) is 0 Å². The molecule has 0 fully saturated rings. The Morgan fingerprint density at radius 1 is 0.714 bits per heavy atom. The lowest BCUT2D eigenvalue weighted by Crippen LogP contribution is -2.42. The second-order valence-corrected chi connectivity index (χ2v) is 16.7. The highest BCUT2D eigenvalue weighted by molar-refractivity contribution is 6.70. The highest BCUT2D eigenvalue weighted by Gasteiger charge is 2.30. The van der Waals surface area contributed by atoms with Gasteiger partial charge in [0.15, 0.2) is 8.32 Å². The van der Waals surface area contributed by atoms with Gasteiger partial charge in [-0.1, -0.05) is 39.5 Å². The van der Waals surface area contributed by atoms with Crippen LogP contribution < -0.4 is 0 Å². The summed E-state index contributed by atoms with van der Waals surface area (Å²) in [6, 6.07) is 0. The van der Waals surface area contributed by atoms with Crippen LogP contribution in [0, 0.1) is 0 Å². The van der Waals surface area contributed by atoms with E-state index in [0.29, 0.717) is 0 Å². The lowest BCUT2D eigenvalue weighted by molar-refractivity contribution is -0.275. The SMILES string of the molecule is CCCCCC(O[Si](C)(C)C)C(CCC)OO[Si](C)(C)C. The molecule has 0 bridgehead atoms. The van der Waals surface area contributed by atoms with Gasteiger partial charge >= 0.3 is 0 Å². The first-order valence-corrected chi connectivity index (χ1v) is 15.4. The van der Waals surface area contributed by atoms with Crippen molar-refractivity contribution in [3.63, 3.8) is 0 Å². The molecule has 0 aliphatic heterocycles. The van der Waals surface area contributed by atoms with Crippen molar-refractivity contribution in [2.75, 3.05) is 0 Å². The number of hydrogen-bond donors (Lipinski definition) is 0. The number of unbranched alkanes of at least 4 members (excludes halogenated alkanes) is 2. The molecule has 0 aliphatic rings. The Morgan fingerprint density at radius 3 is 1.76 bits per heavy atom. The Hall–Kier alpha value is 0.314. The first kappa shape index (κ1) is 21.3. The van der Waals surface area contributed by atoms with Crippen molar-refractivity contribution in [1.82, 2.24) is 0 Å². The third-order valence-electron chi connectivity index (χ3n) is 3.01. The third-order valence-corrected chi connectivity index (χ3v) is 4.61. The molecule has 0 radical (unpaired) electrons. The van der Waals surface area contributed by atoms with Crippen molar-refractivity contribution >= 4 is 16.6 Å². The molecule has 21 heavy (non-hydrogen) atoms. The van der Waals surface area contributed by atoms with Gasteiger partial charge in [0, 0.05) is 0 Å². The lowest BCUT2D eigenvalue weighted by atomic mass is 10.0. The Bertz CT molecular complexity index is 259. The molecule has 0 aromatic carbocycles. The fourth-order valence-corrected chi connectivity index (χ4v) is 3.75. The topological polar surface area (TPSA) is 27.7 Å². The van der Waals surface area contributed by atoms with E-state index < -0.39 is 16.6 Å². The summed E-state index contributed by atoms with van der Waals surface area (Å²) in [5.74, 6) is 0. The Kier molecular flexibility index (Phi) is 10.3. The van der Waals surface area contributed by atoms with Crippen molar-refractivity contribution in [3.05, 3.63) is 0 Å². The zero-order chi connectivity index (χ0) is 16.5. The van der Waals surface area contributed by atoms with E-state index in [1.54, 1.807) is 0 Å². The molecule has 0 spiro atoms. The van der Waals surface area contributed by atoms with Crippen LogP contribution in [0.3, 0.4) is 0 Å². The second kappa shape index (κ2) is 10.2. The molecule has 0 aliphatic carbocycles. The maximum absolute atomic E-state index is 6.41. The first-order chi connectivity index (χ1) is 9.59. The maximum atomic E-state index is 6.41. The van der Waals surface area contributed by atoms with Gasteiger partial charge in [-0.05, 0) is 52.1 Å². The lowest BCUT2D eigenvalue weighted by Gasteiger charge is -2.33. The van der Waals surface area contributed by atoms with Crippen molar-refractivity contribution in [3.8, 4) is 0 Å². The summed E-state index contributed by atoms with van der Waals surface area (Å²) in [5, 5.41) is 0. The minimum absolute atomic E-state index is 0.0744. The van der Waals surface area contributed by atoms with E-state index in [9.17, 15) is 0 Å². The molecule has 0 aromatic rings. The third kappa shape index (κ3) is 12.5. The van der Waals surface area contributed by atoms with E-state index in [0.717, 1.165) is 19.3 Å². The first-order valence-electron chi connectivity index (χ1n) is 8.61. The van der Waals surface area contributed by atoms with E-state index in [-0.39, 0.29) is 12.2 Å². The predicted octanol–water partition coefficient (Wildman–Crippen LogP) is 5.74. The average Bonchev–Trinajstić information content (AvgIpc) is 2.31. The predicted molar refractivity (Wildman–Crippen MR) is 96.6 cm³/mol. The molecule has 0 N–H and O–H groups in total. The molecule has 2 atom stereocenters. The number of hydrogen-bond acceptors (Lipinski definition) is 3. The van der Waals surface area contributed by atoms with Gasteiger partial charge in [-0.3, -0.25) is 4.58 Å². The summed E-state index contributed by atoms with van der Waals surface area (Å²) in [6.07, 6.45) is 7.15. The van der Waals surface area contributed by atoms with Crippen LogP contribution in [0.2, 0.25) is 39.3 Å². The van der Waals surface area contributed by atoms with Gasteiger partial charge in [0.25, 0.3) is 0 Å². The fraction of sp³-hybridized carbons (Fsp3) is 1.00. The van der Waals surface area contributed by atoms with E-state index in [1.807, 2.05) is 0 Å². The van der Waals surface area contributed by atoms with Gasteiger partial charge in [-0.2, -0.15) is 0 Å². The smallest absolute Gasteiger partial charge is 0.230 e. The van der Waals surface area contributed by atoms with Gasteiger partial charge in [0.1, 0.15) is 6.10 Å². The summed E-state index contributed by atoms with van der Waals surface area (Å²) in [5.41, 5.74) is 0. The Labute approximate surface area is 134 Å². The molecule has 0 aromatic heterocycles. The molecule has 0 saturated heterocycles. The van der Waals surface area contributed by atoms with Crippen molar-refractivity contribution in [2.24, 2.45) is 0 Å². The number of rotatable bonds is 12. The van der Waals surface area contributed by atoms with E-state index >= 15 is 0 Å². The average molecular weight is 335 g/mol. The molecular weight excluding hydrogens is 296 g/mol. The Balaban J connectivity index is 4.72. The molecule has 2 unspecified atom stereocenters. The van der Waals surface area contributed by atoms with Gasteiger partial charge in [0.05, 0.1) is 6.10 Å². The molecular formula is C16H38O3Si2. The molecule has 0 saturated carbocycles. The summed E-state index contributed by atoms with van der Waals surface area (Å²) in [7, 11) is -3.23. The van der Waals surface area contributed by atoms with Gasteiger partial charge in [-0.15, -0.1) is 0 Å². The molecule has 5 heteroatoms. The van der Waals surface area contributed by atoms with E-state index in [4.69, 9.17) is 13.9 Å². The second-order valence-electron chi connectivity index (χ2n) is 7.88. The Morgan fingerprint density at radius 2 is 1.33 bits per heavy atom. The van der Waals surface area contributed by atoms with E-state index in [2.05, 4.69) is 53.1 Å². The summed E-state index contributed by atoms with van der Waals surface area (Å²) in [4.78, 5) is 5.84. The molecule has 0 rings (SSSR count). The van der Waals surface area contributed by atoms with Gasteiger partial charge in [0.2, 0.25) is 8.32 Å². The zero-order valence-corrected chi connectivity index (χ0v) is 17.6. The standard InChI is InChI=1S/C16H38O3Si2/c1-9-11-12-14-16(18-20(3,4)5)15(13-10-2)17-19-21(6,7)8/h15-16H,9-14H2,1-8H3. The van der Waals surface area contributed by atoms with Crippen LogP contribution in [-0.2, 0) is 13.9 Å². The monoisotopic (exact) mass is 334 g/mol. The summed E-state index contributed by atoms with van der Waals surface area (Å²) >= 11 is 0. The zero-order valence-electron chi connectivity index (χ0n) is 15.6. The minimum Gasteiger partial charge on any atom is -0.412 e. The molecule has 128 valence electrons. The summed E-state index contributed by atoms with van der Waals surface area (Å²) in [6.45, 7) is 17.7. The van der Waals surface area contributed by atoms with Crippen LogP contribution in [-0.4, -0.2) is 28.8 Å².